The molecule has 0 amide bonds. The van der Waals surface area contributed by atoms with Gasteiger partial charge >= 0.3 is 11.9 Å². The van der Waals surface area contributed by atoms with Gasteiger partial charge in [-0.1, -0.05) is 76.7 Å². The number of methoxy groups -OCH3 is 1. The summed E-state index contributed by atoms with van der Waals surface area (Å²) in [5, 5.41) is 21.1. The number of aromatic nitrogens is 2. The van der Waals surface area contributed by atoms with Gasteiger partial charge in [-0.3, -0.25) is 0 Å². The van der Waals surface area contributed by atoms with Crippen LogP contribution in [0.5, 0.6) is 0 Å². The van der Waals surface area contributed by atoms with Crippen LogP contribution in [-0.4, -0.2) is 34.1 Å². The average Bonchev–Trinajstić information content (AvgIpc) is 3.93. The highest BCUT2D eigenvalue weighted by Gasteiger charge is 2.18. The van der Waals surface area contributed by atoms with Gasteiger partial charge in [0.2, 0.25) is 0 Å². The van der Waals surface area contributed by atoms with Gasteiger partial charge < -0.3 is 9.84 Å². The van der Waals surface area contributed by atoms with Gasteiger partial charge in [0.1, 0.15) is 10.0 Å². The molecule has 0 spiro atoms. The van der Waals surface area contributed by atoms with Crippen molar-refractivity contribution in [2.75, 3.05) is 7.11 Å². The smallest absolute Gasteiger partial charge is 0.339 e. The zero-order chi connectivity index (χ0) is 37.1. The van der Waals surface area contributed by atoms with Crippen LogP contribution in [-0.2, 0) is 4.74 Å². The van der Waals surface area contributed by atoms with Crippen LogP contribution < -0.4 is 0 Å². The standard InChI is InChI=1S/C21H13Cl2NO2S2.C17H10BrCl2NO2S/c1-11-8-27-9-16(11)14-4-2-13(6-15(14)21(25)26)20-24-19(10-28-20)12-3-5-17(22)18(23)7-12;1-23-17(22)11-6-10(2-4-12(11)18)16-21-15(8-24-16)9-3-5-13(19)14(20)7-9/h2-10H,1H3,(H,25,26);2-8H,1H3. The molecule has 0 fully saturated rings. The van der Waals surface area contributed by atoms with Crippen LogP contribution >= 0.6 is 96.3 Å². The second-order valence-corrected chi connectivity index (χ2v) is 16.0. The quantitative estimate of drug-likeness (QED) is 0.160. The van der Waals surface area contributed by atoms with Crippen LogP contribution in [0.15, 0.2) is 98.8 Å². The Bertz CT molecular complexity index is 2460. The molecule has 7 rings (SSSR count). The molecule has 6 nitrogen and oxygen atoms in total. The molecule has 0 aliphatic carbocycles. The van der Waals surface area contributed by atoms with Crippen molar-refractivity contribution in [3.05, 3.63) is 136 Å². The SMILES string of the molecule is COC(=O)c1cc(-c2nc(-c3ccc(Cl)c(Cl)c3)cs2)ccc1Br.Cc1cscc1-c1ccc(-c2nc(-c3ccc(Cl)c(Cl)c3)cs2)cc1C(=O)O. The summed E-state index contributed by atoms with van der Waals surface area (Å²) in [7, 11) is 1.35. The molecule has 7 aromatic rings. The highest BCUT2D eigenvalue weighted by atomic mass is 79.9. The first-order valence-electron chi connectivity index (χ1n) is 15.0. The summed E-state index contributed by atoms with van der Waals surface area (Å²) in [4.78, 5) is 33.0. The maximum atomic E-state index is 11.9. The predicted molar refractivity (Wildman–Crippen MR) is 220 cm³/mol. The molecule has 0 aliphatic heterocycles. The van der Waals surface area contributed by atoms with Crippen molar-refractivity contribution in [3.63, 3.8) is 0 Å². The Balaban J connectivity index is 0.000000181. The van der Waals surface area contributed by atoms with Crippen LogP contribution in [0.3, 0.4) is 0 Å². The topological polar surface area (TPSA) is 89.4 Å². The van der Waals surface area contributed by atoms with Gasteiger partial charge in [0, 0.05) is 37.5 Å². The number of carbonyl (C=O) groups excluding carboxylic acids is 1. The number of thiophene rings is 1. The van der Waals surface area contributed by atoms with Crippen molar-refractivity contribution in [1.82, 2.24) is 9.97 Å². The van der Waals surface area contributed by atoms with E-state index in [1.165, 1.54) is 29.8 Å². The van der Waals surface area contributed by atoms with Crippen LogP contribution in [0, 0.1) is 6.92 Å². The molecule has 3 heterocycles. The van der Waals surface area contributed by atoms with Gasteiger partial charge in [-0.25, -0.2) is 19.6 Å². The summed E-state index contributed by atoms with van der Waals surface area (Å²) in [6, 6.07) is 21.7. The number of halogens is 5. The third-order valence-corrected chi connectivity index (χ3v) is 12.5. The number of carboxylic acid groups (broad SMARTS) is 1. The molecule has 14 heteroatoms. The second-order valence-electron chi connectivity index (χ2n) is 11.1. The van der Waals surface area contributed by atoms with Gasteiger partial charge in [0.25, 0.3) is 0 Å². The third-order valence-electron chi connectivity index (χ3n) is 7.70. The minimum absolute atomic E-state index is 0.269. The minimum atomic E-state index is -0.955. The van der Waals surface area contributed by atoms with Gasteiger partial charge in [-0.2, -0.15) is 11.3 Å². The summed E-state index contributed by atoms with van der Waals surface area (Å²) in [6.45, 7) is 1.98. The second kappa shape index (κ2) is 16.6. The number of nitrogens with zero attached hydrogens (tertiary/aromatic N) is 2. The molecule has 0 aliphatic rings. The van der Waals surface area contributed by atoms with E-state index in [0.29, 0.717) is 30.1 Å². The number of aryl methyl sites for hydroxylation is 1. The first-order chi connectivity index (χ1) is 24.9. The number of aromatic carboxylic acids is 1. The number of ether oxygens (including phenoxy) is 1. The van der Waals surface area contributed by atoms with Crippen LogP contribution in [0.4, 0.5) is 0 Å². The van der Waals surface area contributed by atoms with E-state index in [1.807, 2.05) is 64.8 Å². The number of hydrogen-bond donors (Lipinski definition) is 1. The van der Waals surface area contributed by atoms with E-state index in [4.69, 9.17) is 51.1 Å². The molecular formula is C38H23BrCl4N2O4S3. The highest BCUT2D eigenvalue weighted by Crippen LogP contribution is 2.37. The van der Waals surface area contributed by atoms with E-state index in [0.717, 1.165) is 60.3 Å². The van der Waals surface area contributed by atoms with E-state index in [-0.39, 0.29) is 5.56 Å². The zero-order valence-corrected chi connectivity index (χ0v) is 34.0. The number of carbonyl (C=O) groups is 2. The molecular weight excluding hydrogens is 866 g/mol. The van der Waals surface area contributed by atoms with Crippen molar-refractivity contribution in [3.8, 4) is 54.8 Å². The molecule has 0 saturated heterocycles. The van der Waals surface area contributed by atoms with E-state index >= 15 is 0 Å². The van der Waals surface area contributed by atoms with Gasteiger partial charge in [-0.15, -0.1) is 22.7 Å². The van der Waals surface area contributed by atoms with Gasteiger partial charge in [0.05, 0.1) is 49.7 Å². The van der Waals surface area contributed by atoms with Gasteiger partial charge in [0.15, 0.2) is 0 Å². The molecule has 1 N–H and O–H groups in total. The Labute approximate surface area is 339 Å². The maximum absolute atomic E-state index is 11.9. The number of thiazole rings is 2. The molecule has 262 valence electrons. The van der Waals surface area contributed by atoms with Crippen LogP contribution in [0.25, 0.3) is 54.8 Å². The summed E-state index contributed by atoms with van der Waals surface area (Å²) < 4.78 is 5.47. The van der Waals surface area contributed by atoms with Crippen molar-refractivity contribution >= 4 is 108 Å². The first-order valence-corrected chi connectivity index (χ1v) is 20.0. The fraction of sp³-hybridized carbons (Fsp3) is 0.0526. The molecule has 0 saturated carbocycles. The van der Waals surface area contributed by atoms with E-state index in [2.05, 4.69) is 25.9 Å². The fourth-order valence-electron chi connectivity index (χ4n) is 5.04. The highest BCUT2D eigenvalue weighted by molar-refractivity contribution is 9.10. The molecule has 0 unspecified atom stereocenters. The number of esters is 1. The predicted octanol–water partition coefficient (Wildman–Crippen LogP) is 13.9. The molecule has 0 bridgehead atoms. The molecule has 3 aromatic heterocycles. The zero-order valence-electron chi connectivity index (χ0n) is 26.9. The largest absolute Gasteiger partial charge is 0.478 e. The Kier molecular flexibility index (Phi) is 12.2. The van der Waals surface area contributed by atoms with Crippen molar-refractivity contribution in [1.29, 1.82) is 0 Å². The summed E-state index contributed by atoms with van der Waals surface area (Å²) in [5.41, 5.74) is 8.39. The third kappa shape index (κ3) is 8.46. The minimum Gasteiger partial charge on any atom is -0.478 e. The lowest BCUT2D eigenvalue weighted by Gasteiger charge is -2.08. The summed E-state index contributed by atoms with van der Waals surface area (Å²) in [6.07, 6.45) is 0. The van der Waals surface area contributed by atoms with Crippen molar-refractivity contribution in [2.45, 2.75) is 6.92 Å². The van der Waals surface area contributed by atoms with Crippen molar-refractivity contribution in [2.24, 2.45) is 0 Å². The lowest BCUT2D eigenvalue weighted by atomic mass is 9.97. The average molecular weight is 890 g/mol. The molecule has 0 atom stereocenters. The summed E-state index contributed by atoms with van der Waals surface area (Å²) >= 11 is 32.0. The fourth-order valence-corrected chi connectivity index (χ4v) is 8.54. The molecule has 52 heavy (non-hydrogen) atoms. The lowest BCUT2D eigenvalue weighted by molar-refractivity contribution is 0.0598. The Morgan fingerprint density at radius 2 is 1.17 bits per heavy atom. The van der Waals surface area contributed by atoms with Gasteiger partial charge in [-0.05, 0) is 92.8 Å². The Hall–Kier alpha value is -3.58. The first kappa shape index (κ1) is 38.2. The molecule has 0 radical (unpaired) electrons. The number of benzene rings is 4. The Morgan fingerprint density at radius 3 is 1.65 bits per heavy atom. The number of rotatable bonds is 7. The number of hydrogen-bond acceptors (Lipinski definition) is 8. The van der Waals surface area contributed by atoms with E-state index in [1.54, 1.807) is 47.7 Å². The monoisotopic (exact) mass is 886 g/mol. The summed E-state index contributed by atoms with van der Waals surface area (Å²) in [5.74, 6) is -1.35. The van der Waals surface area contributed by atoms with Crippen LogP contribution in [0.2, 0.25) is 20.1 Å². The normalized spacial score (nSPS) is 10.8. The Morgan fingerprint density at radius 1 is 0.654 bits per heavy atom. The van der Waals surface area contributed by atoms with Crippen LogP contribution in [0.1, 0.15) is 26.3 Å². The number of carboxylic acids is 1. The van der Waals surface area contributed by atoms with Crippen molar-refractivity contribution < 1.29 is 19.4 Å². The lowest BCUT2D eigenvalue weighted by Crippen LogP contribution is -2.02. The van der Waals surface area contributed by atoms with E-state index < -0.39 is 11.9 Å². The molecule has 4 aromatic carbocycles. The maximum Gasteiger partial charge on any atom is 0.339 e. The van der Waals surface area contributed by atoms with E-state index in [9.17, 15) is 14.7 Å².